The second-order valence-electron chi connectivity index (χ2n) is 10.2. The molecule has 3 aromatic rings. The van der Waals surface area contributed by atoms with E-state index in [0.717, 1.165) is 18.5 Å². The van der Waals surface area contributed by atoms with E-state index in [4.69, 9.17) is 11.6 Å². The molecule has 0 unspecified atom stereocenters. The number of hydrogen-bond donors (Lipinski definition) is 2. The van der Waals surface area contributed by atoms with E-state index in [1.807, 2.05) is 24.5 Å². The van der Waals surface area contributed by atoms with Crippen LogP contribution in [0, 0.1) is 5.92 Å². The van der Waals surface area contributed by atoms with Gasteiger partial charge in [-0.2, -0.15) is 0 Å². The van der Waals surface area contributed by atoms with Crippen LogP contribution in [0.5, 0.6) is 0 Å². The molecule has 1 fully saturated rings. The van der Waals surface area contributed by atoms with Gasteiger partial charge in [-0.1, -0.05) is 30.7 Å². The molecular weight excluding hydrogens is 524 g/mol. The van der Waals surface area contributed by atoms with Gasteiger partial charge < -0.3 is 14.8 Å². The number of nitrogens with one attached hydrogen (secondary N) is 2. The zero-order valence-electron chi connectivity index (χ0n) is 21.4. The molecule has 3 atom stereocenters. The Bertz CT molecular complexity index is 1540. The van der Waals surface area contributed by atoms with Crippen molar-refractivity contribution in [3.05, 3.63) is 87.3 Å². The van der Waals surface area contributed by atoms with Crippen LogP contribution in [0.15, 0.2) is 70.4 Å². The number of benzene rings is 2. The molecular formula is C28H31ClN4O4S. The van der Waals surface area contributed by atoms with Crippen molar-refractivity contribution in [2.24, 2.45) is 5.92 Å². The van der Waals surface area contributed by atoms with Gasteiger partial charge >= 0.3 is 0 Å². The van der Waals surface area contributed by atoms with Crippen molar-refractivity contribution in [3.8, 4) is 0 Å². The summed E-state index contributed by atoms with van der Waals surface area (Å²) in [5.41, 5.74) is 2.40. The molecule has 2 N–H and O–H groups in total. The van der Waals surface area contributed by atoms with Gasteiger partial charge in [0.15, 0.2) is 0 Å². The van der Waals surface area contributed by atoms with Crippen molar-refractivity contribution in [2.45, 2.75) is 50.1 Å². The second kappa shape index (κ2) is 10.5. The zero-order chi connectivity index (χ0) is 27.0. The summed E-state index contributed by atoms with van der Waals surface area (Å²) in [4.78, 5) is 27.5. The number of carbonyl (C=O) groups excluding carboxylic acids is 1. The predicted octanol–water partition coefficient (Wildman–Crippen LogP) is 4.45. The van der Waals surface area contributed by atoms with Gasteiger partial charge in [-0.05, 0) is 68.1 Å². The topological polar surface area (TPSA) is 101 Å². The molecule has 3 heterocycles. The first-order chi connectivity index (χ1) is 18.1. The molecule has 8 nitrogen and oxygen atoms in total. The van der Waals surface area contributed by atoms with Crippen LogP contribution >= 0.6 is 11.6 Å². The van der Waals surface area contributed by atoms with Crippen molar-refractivity contribution in [2.75, 3.05) is 22.7 Å². The first-order valence-corrected chi connectivity index (χ1v) is 14.7. The number of rotatable bonds is 7. The number of halogens is 1. The van der Waals surface area contributed by atoms with E-state index in [1.165, 1.54) is 12.1 Å². The van der Waals surface area contributed by atoms with Gasteiger partial charge in [0.2, 0.25) is 0 Å². The highest BCUT2D eigenvalue weighted by molar-refractivity contribution is 7.92. The minimum absolute atomic E-state index is 0.0114. The number of anilines is 2. The molecule has 10 heteroatoms. The Kier molecular flexibility index (Phi) is 7.24. The summed E-state index contributed by atoms with van der Waals surface area (Å²) in [7, 11) is -3.98. The third-order valence-electron chi connectivity index (χ3n) is 7.42. The van der Waals surface area contributed by atoms with E-state index in [2.05, 4.69) is 14.9 Å². The summed E-state index contributed by atoms with van der Waals surface area (Å²) in [6, 6.07) is 16.6. The summed E-state index contributed by atoms with van der Waals surface area (Å²) in [5, 5.41) is 3.26. The normalized spacial score (nSPS) is 19.4. The van der Waals surface area contributed by atoms with Crippen LogP contribution in [-0.4, -0.2) is 38.0 Å². The van der Waals surface area contributed by atoms with Crippen LogP contribution in [0.3, 0.4) is 0 Å². The highest BCUT2D eigenvalue weighted by Gasteiger charge is 2.35. The molecule has 2 aromatic carbocycles. The first-order valence-electron chi connectivity index (χ1n) is 12.8. The van der Waals surface area contributed by atoms with Gasteiger partial charge in [-0.3, -0.25) is 14.3 Å². The van der Waals surface area contributed by atoms with E-state index < -0.39 is 10.0 Å². The van der Waals surface area contributed by atoms with Gasteiger partial charge in [-0.15, -0.1) is 0 Å². The zero-order valence-corrected chi connectivity index (χ0v) is 22.9. The minimum Gasteiger partial charge on any atom is -0.369 e. The summed E-state index contributed by atoms with van der Waals surface area (Å²) in [5.74, 6) is 0.118. The fourth-order valence-electron chi connectivity index (χ4n) is 5.37. The fourth-order valence-corrected chi connectivity index (χ4v) is 6.74. The Hall–Kier alpha value is -3.30. The molecule has 0 saturated carbocycles. The Balaban J connectivity index is 1.52. The smallest absolute Gasteiger partial charge is 0.262 e. The number of fused-ring (bicyclic) bond motifs is 4. The van der Waals surface area contributed by atoms with Crippen molar-refractivity contribution >= 4 is 38.9 Å². The summed E-state index contributed by atoms with van der Waals surface area (Å²) in [6.07, 6.45) is 1.75. The number of piperidine rings is 1. The average molecular weight is 555 g/mol. The van der Waals surface area contributed by atoms with Crippen LogP contribution in [-0.2, 0) is 16.6 Å². The van der Waals surface area contributed by atoms with Gasteiger partial charge in [0, 0.05) is 53.9 Å². The van der Waals surface area contributed by atoms with Crippen molar-refractivity contribution < 1.29 is 13.2 Å². The Morgan fingerprint density at radius 1 is 1.08 bits per heavy atom. The standard InChI is InChI=1S/C28H31ClN4O4S/c1-3-18(2)30-28(35)20-10-11-26(24(13-20)31-38(36,37)23-7-4-6-22(29)14-23)32-15-19-12-21(17-32)25-8-5-9-27(34)33(25)16-19/h4-11,13-14,18-19,21,31H,3,12,15-17H2,1-2H3,(H,30,35)/t18-,19-,21+/m1/s1. The number of hydrogen-bond acceptors (Lipinski definition) is 5. The van der Waals surface area contributed by atoms with E-state index in [1.54, 1.807) is 42.5 Å². The van der Waals surface area contributed by atoms with E-state index >= 15 is 0 Å². The van der Waals surface area contributed by atoms with Crippen molar-refractivity contribution in [1.29, 1.82) is 0 Å². The molecule has 1 saturated heterocycles. The van der Waals surface area contributed by atoms with Crippen molar-refractivity contribution in [3.63, 3.8) is 0 Å². The fraction of sp³-hybridized carbons (Fsp3) is 0.357. The van der Waals surface area contributed by atoms with Gasteiger partial charge in [0.25, 0.3) is 21.5 Å². The molecule has 2 aliphatic rings. The molecule has 2 bridgehead atoms. The SMILES string of the molecule is CC[C@@H](C)NC(=O)c1ccc(N2C[C@H]3C[C@@H](C2)c2cccc(=O)n2C3)c(NS(=O)(=O)c2cccc(Cl)c2)c1. The largest absolute Gasteiger partial charge is 0.369 e. The van der Waals surface area contributed by atoms with Crippen molar-refractivity contribution in [1.82, 2.24) is 9.88 Å². The Morgan fingerprint density at radius 3 is 2.63 bits per heavy atom. The van der Waals surface area contributed by atoms with Crippen LogP contribution in [0.4, 0.5) is 11.4 Å². The first kappa shape index (κ1) is 26.3. The number of amides is 1. The summed E-state index contributed by atoms with van der Waals surface area (Å²) < 4.78 is 31.3. The van der Waals surface area contributed by atoms with Crippen LogP contribution in [0.1, 0.15) is 48.7 Å². The lowest BCUT2D eigenvalue weighted by Crippen LogP contribution is -2.47. The van der Waals surface area contributed by atoms with E-state index in [9.17, 15) is 18.0 Å². The van der Waals surface area contributed by atoms with Crippen LogP contribution in [0.25, 0.3) is 0 Å². The van der Waals surface area contributed by atoms with E-state index in [-0.39, 0.29) is 34.2 Å². The highest BCUT2D eigenvalue weighted by Crippen LogP contribution is 2.40. The summed E-state index contributed by atoms with van der Waals surface area (Å²) >= 11 is 6.07. The number of nitrogens with zero attached hydrogens (tertiary/aromatic N) is 2. The predicted molar refractivity (Wildman–Crippen MR) is 150 cm³/mol. The maximum atomic E-state index is 13.4. The van der Waals surface area contributed by atoms with E-state index in [0.29, 0.717) is 41.6 Å². The van der Waals surface area contributed by atoms with Gasteiger partial charge in [0.05, 0.1) is 16.3 Å². The number of aromatic nitrogens is 1. The Labute approximate surface area is 227 Å². The quantitative estimate of drug-likeness (QED) is 0.449. The van der Waals surface area contributed by atoms with Crippen LogP contribution in [0.2, 0.25) is 5.02 Å². The number of carbonyl (C=O) groups is 1. The maximum Gasteiger partial charge on any atom is 0.262 e. The molecule has 1 amide bonds. The Morgan fingerprint density at radius 2 is 1.87 bits per heavy atom. The summed E-state index contributed by atoms with van der Waals surface area (Å²) in [6.45, 7) is 5.83. The van der Waals surface area contributed by atoms with Gasteiger partial charge in [0.1, 0.15) is 0 Å². The second-order valence-corrected chi connectivity index (χ2v) is 12.3. The molecule has 1 aromatic heterocycles. The maximum absolute atomic E-state index is 13.4. The molecule has 2 aliphatic heterocycles. The van der Waals surface area contributed by atoms with Gasteiger partial charge in [-0.25, -0.2) is 8.42 Å². The third kappa shape index (κ3) is 5.31. The lowest BCUT2D eigenvalue weighted by molar-refractivity contribution is 0.0939. The third-order valence-corrected chi connectivity index (χ3v) is 9.02. The molecule has 200 valence electrons. The molecule has 0 aliphatic carbocycles. The highest BCUT2D eigenvalue weighted by atomic mass is 35.5. The lowest BCUT2D eigenvalue weighted by Gasteiger charge is -2.44. The average Bonchev–Trinajstić information content (AvgIpc) is 2.89. The number of pyridine rings is 1. The molecule has 38 heavy (non-hydrogen) atoms. The van der Waals surface area contributed by atoms with Crippen LogP contribution < -0.4 is 20.5 Å². The number of sulfonamides is 1. The lowest BCUT2D eigenvalue weighted by atomic mass is 9.83. The molecule has 0 radical (unpaired) electrons. The monoisotopic (exact) mass is 554 g/mol. The molecule has 0 spiro atoms. The molecule has 5 rings (SSSR count). The minimum atomic E-state index is -3.98.